The van der Waals surface area contributed by atoms with E-state index in [4.69, 9.17) is 10.3 Å². The van der Waals surface area contributed by atoms with Crippen molar-refractivity contribution in [1.29, 1.82) is 0 Å². The lowest BCUT2D eigenvalue weighted by molar-refractivity contribution is -0.159. The molecule has 3 N–H and O–H groups in total. The maximum absolute atomic E-state index is 11.2. The second-order valence-electron chi connectivity index (χ2n) is 4.06. The van der Waals surface area contributed by atoms with E-state index < -0.39 is 36.5 Å². The summed E-state index contributed by atoms with van der Waals surface area (Å²) in [6, 6.07) is 0. The molecule has 0 aromatic heterocycles. The fourth-order valence-electron chi connectivity index (χ4n) is 1.67. The van der Waals surface area contributed by atoms with Gasteiger partial charge in [-0.25, -0.2) is 4.79 Å². The van der Waals surface area contributed by atoms with Crippen molar-refractivity contribution in [2.75, 3.05) is 13.2 Å². The molecular formula is C10H17N3O6. The van der Waals surface area contributed by atoms with Crippen molar-refractivity contribution in [1.82, 2.24) is 0 Å². The van der Waals surface area contributed by atoms with Gasteiger partial charge in [-0.15, -0.1) is 0 Å². The first-order valence-corrected chi connectivity index (χ1v) is 5.90. The molecule has 0 amide bonds. The highest BCUT2D eigenvalue weighted by Gasteiger charge is 2.52. The highest BCUT2D eigenvalue weighted by molar-refractivity contribution is 5.75. The largest absolute Gasteiger partial charge is 0.464 e. The van der Waals surface area contributed by atoms with Crippen LogP contribution in [0.3, 0.4) is 0 Å². The molecule has 0 saturated carbocycles. The zero-order valence-electron chi connectivity index (χ0n) is 10.4. The summed E-state index contributed by atoms with van der Waals surface area (Å²) >= 11 is 0. The van der Waals surface area contributed by atoms with E-state index >= 15 is 0 Å². The van der Waals surface area contributed by atoms with E-state index in [0.29, 0.717) is 0 Å². The van der Waals surface area contributed by atoms with Gasteiger partial charge in [0, 0.05) is 11.5 Å². The third kappa shape index (κ3) is 4.34. The van der Waals surface area contributed by atoms with Crippen molar-refractivity contribution in [3.05, 3.63) is 10.4 Å². The second-order valence-corrected chi connectivity index (χ2v) is 4.06. The minimum absolute atomic E-state index is 0.0896. The van der Waals surface area contributed by atoms with Gasteiger partial charge in [0.25, 0.3) is 0 Å². The number of nitrogens with zero attached hydrogens (tertiary/aromatic N) is 3. The van der Waals surface area contributed by atoms with Crippen LogP contribution >= 0.6 is 0 Å². The third-order valence-corrected chi connectivity index (χ3v) is 2.72. The number of ether oxygens (including phenoxy) is 2. The Morgan fingerprint density at radius 1 is 1.47 bits per heavy atom. The van der Waals surface area contributed by atoms with Gasteiger partial charge in [-0.05, 0) is 18.9 Å². The molecule has 1 heterocycles. The lowest BCUT2D eigenvalue weighted by atomic mass is 10.0. The Kier molecular flexibility index (Phi) is 6.00. The Labute approximate surface area is 109 Å². The van der Waals surface area contributed by atoms with E-state index in [1.54, 1.807) is 6.92 Å². The summed E-state index contributed by atoms with van der Waals surface area (Å²) < 4.78 is 9.57. The van der Waals surface area contributed by atoms with Gasteiger partial charge in [-0.1, -0.05) is 5.11 Å². The van der Waals surface area contributed by atoms with Crippen LogP contribution in [-0.2, 0) is 14.3 Å². The molecule has 9 nitrogen and oxygen atoms in total. The zero-order chi connectivity index (χ0) is 14.4. The Morgan fingerprint density at radius 3 is 2.74 bits per heavy atom. The number of carbonyl (C=O) groups is 1. The summed E-state index contributed by atoms with van der Waals surface area (Å²) in [6.45, 7) is 1.76. The molecule has 0 bridgehead atoms. The van der Waals surface area contributed by atoms with Gasteiger partial charge >= 0.3 is 5.97 Å². The molecular weight excluding hydrogens is 258 g/mol. The first-order chi connectivity index (χ1) is 9.02. The summed E-state index contributed by atoms with van der Waals surface area (Å²) in [5.74, 6) is -0.937. The van der Waals surface area contributed by atoms with Crippen LogP contribution in [0.2, 0.25) is 0 Å². The highest BCUT2D eigenvalue weighted by Crippen LogP contribution is 2.31. The van der Waals surface area contributed by atoms with Gasteiger partial charge in [0.1, 0.15) is 18.3 Å². The fourth-order valence-corrected chi connectivity index (χ4v) is 1.67. The van der Waals surface area contributed by atoms with Crippen LogP contribution < -0.4 is 0 Å². The number of azide groups is 1. The van der Waals surface area contributed by atoms with Gasteiger partial charge in [0.05, 0.1) is 12.7 Å². The first kappa shape index (κ1) is 15.7. The molecule has 1 saturated heterocycles. The number of hydrogen-bond donors (Lipinski definition) is 3. The van der Waals surface area contributed by atoms with Crippen LogP contribution in [0.15, 0.2) is 5.11 Å². The van der Waals surface area contributed by atoms with Crippen LogP contribution in [-0.4, -0.2) is 65.0 Å². The zero-order valence-corrected chi connectivity index (χ0v) is 10.4. The molecule has 1 aliphatic heterocycles. The quantitative estimate of drug-likeness (QED) is 0.172. The number of rotatable bonds is 8. The number of aliphatic hydroxyl groups is 3. The Balaban J connectivity index is 2.38. The van der Waals surface area contributed by atoms with Crippen molar-refractivity contribution in [3.8, 4) is 0 Å². The average Bonchev–Trinajstić information content (AvgIpc) is 3.17. The normalized spacial score (nSPS) is 25.9. The number of carbonyl (C=O) groups excluding carboxylic acids is 1. The molecule has 1 aliphatic rings. The molecule has 0 radical (unpaired) electrons. The van der Waals surface area contributed by atoms with Crippen molar-refractivity contribution < 1.29 is 29.6 Å². The lowest BCUT2D eigenvalue weighted by Gasteiger charge is -2.15. The molecule has 19 heavy (non-hydrogen) atoms. The SMILES string of the molecule is CCOC(=O)[C@@H](O)[C@H](O)[C@@H]1O[C@H]1[C@@H](O)CCN=[N+]=[N-]. The standard InChI is InChI=1S/C10H17N3O6/c1-2-18-10(17)7(16)6(15)9-8(19-9)5(14)3-4-12-13-11/h5-9,14-16H,2-4H2,1H3/t5-,6-,7-,8-,9-/m0/s1. The third-order valence-electron chi connectivity index (χ3n) is 2.72. The molecule has 0 unspecified atom stereocenters. The van der Waals surface area contributed by atoms with Crippen molar-refractivity contribution in [3.63, 3.8) is 0 Å². The van der Waals surface area contributed by atoms with Crippen molar-refractivity contribution in [2.45, 2.75) is 43.9 Å². The summed E-state index contributed by atoms with van der Waals surface area (Å²) in [7, 11) is 0. The maximum atomic E-state index is 11.2. The maximum Gasteiger partial charge on any atom is 0.337 e. The lowest BCUT2D eigenvalue weighted by Crippen LogP contribution is -2.40. The fraction of sp³-hybridized carbons (Fsp3) is 0.900. The number of epoxide rings is 1. The monoisotopic (exact) mass is 275 g/mol. The molecule has 1 rings (SSSR count). The predicted octanol–water partition coefficient (Wildman–Crippen LogP) is -0.900. The minimum atomic E-state index is -1.71. The predicted molar refractivity (Wildman–Crippen MR) is 61.9 cm³/mol. The Morgan fingerprint density at radius 2 is 2.16 bits per heavy atom. The number of aliphatic hydroxyl groups excluding tert-OH is 3. The Hall–Kier alpha value is -1.38. The van der Waals surface area contributed by atoms with Crippen LogP contribution in [0.1, 0.15) is 13.3 Å². The molecule has 1 fully saturated rings. The number of esters is 1. The highest BCUT2D eigenvalue weighted by atomic mass is 16.6. The van der Waals surface area contributed by atoms with Crippen molar-refractivity contribution >= 4 is 5.97 Å². The van der Waals surface area contributed by atoms with Crippen LogP contribution in [0.25, 0.3) is 10.4 Å². The van der Waals surface area contributed by atoms with E-state index in [9.17, 15) is 20.1 Å². The van der Waals surface area contributed by atoms with Crippen LogP contribution in [0.5, 0.6) is 0 Å². The molecule has 0 spiro atoms. The first-order valence-electron chi connectivity index (χ1n) is 5.90. The molecule has 9 heteroatoms. The molecule has 5 atom stereocenters. The summed E-state index contributed by atoms with van der Waals surface area (Å²) in [5, 5.41) is 32.1. The van der Waals surface area contributed by atoms with E-state index in [2.05, 4.69) is 14.8 Å². The molecule has 0 aromatic rings. The van der Waals surface area contributed by atoms with E-state index in [1.165, 1.54) is 0 Å². The van der Waals surface area contributed by atoms with Gasteiger partial charge in [-0.3, -0.25) is 0 Å². The summed E-state index contributed by atoms with van der Waals surface area (Å²) in [5.41, 5.74) is 8.08. The van der Waals surface area contributed by atoms with Crippen molar-refractivity contribution in [2.24, 2.45) is 5.11 Å². The molecule has 0 aliphatic carbocycles. The summed E-state index contributed by atoms with van der Waals surface area (Å²) in [4.78, 5) is 13.7. The van der Waals surface area contributed by atoms with Gasteiger partial charge in [0.2, 0.25) is 0 Å². The second kappa shape index (κ2) is 7.27. The summed E-state index contributed by atoms with van der Waals surface area (Å²) in [6.07, 6.45) is -5.45. The minimum Gasteiger partial charge on any atom is -0.464 e. The van der Waals surface area contributed by atoms with Crippen LogP contribution in [0.4, 0.5) is 0 Å². The van der Waals surface area contributed by atoms with Gasteiger partial charge < -0.3 is 24.8 Å². The van der Waals surface area contributed by atoms with E-state index in [-0.39, 0.29) is 19.6 Å². The topological polar surface area (TPSA) is 148 Å². The van der Waals surface area contributed by atoms with E-state index in [0.717, 1.165) is 0 Å². The molecule has 108 valence electrons. The van der Waals surface area contributed by atoms with Gasteiger partial charge in [-0.2, -0.15) is 0 Å². The smallest absolute Gasteiger partial charge is 0.337 e. The Bertz CT molecular complexity index is 359. The average molecular weight is 275 g/mol. The van der Waals surface area contributed by atoms with E-state index in [1.807, 2.05) is 0 Å². The number of hydrogen-bond acceptors (Lipinski definition) is 7. The van der Waals surface area contributed by atoms with Gasteiger partial charge in [0.15, 0.2) is 6.10 Å². The van der Waals surface area contributed by atoms with Crippen LogP contribution in [0, 0.1) is 0 Å². The molecule has 0 aromatic carbocycles.